The van der Waals surface area contributed by atoms with Crippen LogP contribution in [0.3, 0.4) is 0 Å². The fraction of sp³-hybridized carbons (Fsp3) is 0.333. The Hall–Kier alpha value is -2.78. The summed E-state index contributed by atoms with van der Waals surface area (Å²) in [5.41, 5.74) is -3.56. The van der Waals surface area contributed by atoms with Crippen molar-refractivity contribution in [1.29, 1.82) is 0 Å². The minimum absolute atomic E-state index is 0.0701. The molecule has 0 spiro atoms. The predicted octanol–water partition coefficient (Wildman–Crippen LogP) is 3.22. The van der Waals surface area contributed by atoms with Gasteiger partial charge in [-0.25, -0.2) is 19.2 Å². The quantitative estimate of drug-likeness (QED) is 0.818. The van der Waals surface area contributed by atoms with Crippen LogP contribution >= 0.6 is 0 Å². The third kappa shape index (κ3) is 3.11. The Kier molecular flexibility index (Phi) is 4.05. The summed E-state index contributed by atoms with van der Waals surface area (Å²) >= 11 is 0. The number of carboxylic acid groups (broad SMARTS) is 1. The molecule has 0 radical (unpaired) electrons. The number of anilines is 1. The Morgan fingerprint density at radius 2 is 2.00 bits per heavy atom. The third-order valence-corrected chi connectivity index (χ3v) is 4.06. The molecule has 1 saturated carbocycles. The summed E-state index contributed by atoms with van der Waals surface area (Å²) in [5, 5.41) is 11.6. The monoisotopic (exact) mass is 356 g/mol. The molecule has 0 aromatic carbocycles. The van der Waals surface area contributed by atoms with E-state index in [4.69, 9.17) is 5.11 Å². The molecular weight excluding hydrogens is 344 g/mol. The van der Waals surface area contributed by atoms with Crippen LogP contribution in [0, 0.1) is 5.82 Å². The van der Waals surface area contributed by atoms with E-state index >= 15 is 0 Å². The average Bonchev–Trinajstić information content (AvgIpc) is 2.50. The number of carboxylic acids is 1. The predicted molar refractivity (Wildman–Crippen MR) is 77.3 cm³/mol. The van der Waals surface area contributed by atoms with Crippen molar-refractivity contribution < 1.29 is 27.5 Å². The standard InChI is InChI=1S/C15H12F4N4O2/c16-9-3-1-6-20-11(9)14(4-2-5-14)23-13-21-7-8(12(24)25)10(22-13)15(17,18)19/h1,3,6-7H,2,4-5H2,(H,24,25)(H,21,22,23). The van der Waals surface area contributed by atoms with Crippen LogP contribution in [0.25, 0.3) is 0 Å². The van der Waals surface area contributed by atoms with E-state index in [-0.39, 0.29) is 5.69 Å². The van der Waals surface area contributed by atoms with E-state index in [1.807, 2.05) is 0 Å². The molecule has 6 nitrogen and oxygen atoms in total. The molecule has 2 heterocycles. The molecule has 25 heavy (non-hydrogen) atoms. The van der Waals surface area contributed by atoms with Gasteiger partial charge < -0.3 is 10.4 Å². The maximum Gasteiger partial charge on any atom is 0.434 e. The normalized spacial score (nSPS) is 16.2. The molecule has 10 heteroatoms. The largest absolute Gasteiger partial charge is 0.478 e. The number of hydrogen-bond donors (Lipinski definition) is 2. The van der Waals surface area contributed by atoms with Crippen LogP contribution in [0.15, 0.2) is 24.5 Å². The first-order valence-corrected chi connectivity index (χ1v) is 7.30. The highest BCUT2D eigenvalue weighted by molar-refractivity contribution is 5.88. The van der Waals surface area contributed by atoms with E-state index in [0.29, 0.717) is 19.0 Å². The lowest BCUT2D eigenvalue weighted by Gasteiger charge is -2.42. The molecule has 0 amide bonds. The van der Waals surface area contributed by atoms with E-state index in [1.165, 1.54) is 18.3 Å². The second kappa shape index (κ2) is 5.94. The van der Waals surface area contributed by atoms with Crippen LogP contribution in [0.5, 0.6) is 0 Å². The van der Waals surface area contributed by atoms with Crippen LogP contribution in [-0.4, -0.2) is 26.0 Å². The Labute approximate surface area is 138 Å². The van der Waals surface area contributed by atoms with E-state index in [9.17, 15) is 22.4 Å². The number of nitrogens with zero attached hydrogens (tertiary/aromatic N) is 3. The number of aromatic nitrogens is 3. The van der Waals surface area contributed by atoms with Crippen LogP contribution in [0.1, 0.15) is 41.0 Å². The van der Waals surface area contributed by atoms with Crippen molar-refractivity contribution >= 4 is 11.9 Å². The molecule has 1 aliphatic carbocycles. The van der Waals surface area contributed by atoms with Gasteiger partial charge in [0.2, 0.25) is 5.95 Å². The SMILES string of the molecule is O=C(O)c1cnc(NC2(c3ncccc3F)CCC2)nc1C(F)(F)F. The van der Waals surface area contributed by atoms with E-state index in [2.05, 4.69) is 20.3 Å². The zero-order valence-corrected chi connectivity index (χ0v) is 12.6. The molecule has 0 unspecified atom stereocenters. The smallest absolute Gasteiger partial charge is 0.434 e. The number of rotatable bonds is 4. The van der Waals surface area contributed by atoms with Crippen molar-refractivity contribution in [2.75, 3.05) is 5.32 Å². The van der Waals surface area contributed by atoms with Gasteiger partial charge in [0.15, 0.2) is 5.69 Å². The average molecular weight is 356 g/mol. The zero-order chi connectivity index (χ0) is 18.2. The third-order valence-electron chi connectivity index (χ3n) is 4.06. The van der Waals surface area contributed by atoms with Crippen LogP contribution < -0.4 is 5.32 Å². The maximum atomic E-state index is 14.0. The van der Waals surface area contributed by atoms with Gasteiger partial charge in [0.25, 0.3) is 0 Å². The molecule has 0 bridgehead atoms. The second-order valence-electron chi connectivity index (χ2n) is 5.65. The number of aromatic carboxylic acids is 1. The fourth-order valence-corrected chi connectivity index (χ4v) is 2.72. The summed E-state index contributed by atoms with van der Waals surface area (Å²) in [6.45, 7) is 0. The lowest BCUT2D eigenvalue weighted by Crippen LogP contribution is -2.44. The molecule has 0 aliphatic heterocycles. The number of nitrogens with one attached hydrogen (secondary N) is 1. The molecule has 2 aromatic rings. The van der Waals surface area contributed by atoms with Gasteiger partial charge in [-0.2, -0.15) is 13.2 Å². The summed E-state index contributed by atoms with van der Waals surface area (Å²) in [6.07, 6.45) is -1.39. The van der Waals surface area contributed by atoms with Gasteiger partial charge in [-0.1, -0.05) is 0 Å². The van der Waals surface area contributed by atoms with Crippen molar-refractivity contribution in [3.63, 3.8) is 0 Å². The fourth-order valence-electron chi connectivity index (χ4n) is 2.72. The summed E-state index contributed by atoms with van der Waals surface area (Å²) < 4.78 is 53.2. The minimum atomic E-state index is -4.96. The maximum absolute atomic E-state index is 14.0. The van der Waals surface area contributed by atoms with E-state index in [1.54, 1.807) is 0 Å². The van der Waals surface area contributed by atoms with Gasteiger partial charge in [0, 0.05) is 12.4 Å². The Morgan fingerprint density at radius 3 is 2.52 bits per heavy atom. The summed E-state index contributed by atoms with van der Waals surface area (Å²) in [5.74, 6) is -2.80. The topological polar surface area (TPSA) is 88.0 Å². The molecule has 0 atom stereocenters. The van der Waals surface area contributed by atoms with Crippen LogP contribution in [0.4, 0.5) is 23.5 Å². The highest BCUT2D eigenvalue weighted by Crippen LogP contribution is 2.43. The first-order chi connectivity index (χ1) is 11.7. The molecule has 2 aromatic heterocycles. The van der Waals surface area contributed by atoms with Crippen LogP contribution in [0.2, 0.25) is 0 Å². The Morgan fingerprint density at radius 1 is 1.28 bits per heavy atom. The van der Waals surface area contributed by atoms with Gasteiger partial charge >= 0.3 is 12.1 Å². The second-order valence-corrected chi connectivity index (χ2v) is 5.65. The van der Waals surface area contributed by atoms with Crippen molar-refractivity contribution in [1.82, 2.24) is 15.0 Å². The number of pyridine rings is 1. The van der Waals surface area contributed by atoms with Gasteiger partial charge in [-0.3, -0.25) is 4.98 Å². The summed E-state index contributed by atoms with van der Waals surface area (Å²) in [6, 6.07) is 2.62. The molecule has 3 rings (SSSR count). The van der Waals surface area contributed by atoms with Gasteiger partial charge in [-0.05, 0) is 31.4 Å². The first-order valence-electron chi connectivity index (χ1n) is 7.30. The first kappa shape index (κ1) is 17.1. The summed E-state index contributed by atoms with van der Waals surface area (Å²) in [4.78, 5) is 21.9. The van der Waals surface area contributed by atoms with E-state index in [0.717, 1.165) is 6.42 Å². The van der Waals surface area contributed by atoms with Crippen molar-refractivity contribution in [3.05, 3.63) is 47.3 Å². The van der Waals surface area contributed by atoms with Gasteiger partial charge in [0.1, 0.15) is 17.1 Å². The highest BCUT2D eigenvalue weighted by atomic mass is 19.4. The molecule has 1 fully saturated rings. The van der Waals surface area contributed by atoms with Gasteiger partial charge in [0.05, 0.1) is 5.54 Å². The molecule has 2 N–H and O–H groups in total. The van der Waals surface area contributed by atoms with E-state index < -0.39 is 40.7 Å². The summed E-state index contributed by atoms with van der Waals surface area (Å²) in [7, 11) is 0. The molecule has 0 saturated heterocycles. The number of halogens is 4. The van der Waals surface area contributed by atoms with Gasteiger partial charge in [-0.15, -0.1) is 0 Å². The van der Waals surface area contributed by atoms with Crippen molar-refractivity contribution in [3.8, 4) is 0 Å². The highest BCUT2D eigenvalue weighted by Gasteiger charge is 2.44. The molecule has 1 aliphatic rings. The number of alkyl halides is 3. The number of hydrogen-bond acceptors (Lipinski definition) is 5. The lowest BCUT2D eigenvalue weighted by molar-refractivity contribution is -0.141. The zero-order valence-electron chi connectivity index (χ0n) is 12.6. The molecular formula is C15H12F4N4O2. The van der Waals surface area contributed by atoms with Crippen molar-refractivity contribution in [2.24, 2.45) is 0 Å². The molecule has 132 valence electrons. The van der Waals surface area contributed by atoms with Crippen molar-refractivity contribution in [2.45, 2.75) is 31.0 Å². The lowest BCUT2D eigenvalue weighted by atomic mass is 9.74. The Balaban J connectivity index is 2.00. The number of carbonyl (C=O) groups is 1. The van der Waals surface area contributed by atoms with Crippen LogP contribution in [-0.2, 0) is 11.7 Å². The minimum Gasteiger partial charge on any atom is -0.478 e. The Bertz CT molecular complexity index is 821.